The first-order valence-electron chi connectivity index (χ1n) is 9.13. The molecule has 1 aliphatic carbocycles. The Kier molecular flexibility index (Phi) is 4.30. The summed E-state index contributed by atoms with van der Waals surface area (Å²) in [5, 5.41) is 9.00. The third-order valence-corrected chi connectivity index (χ3v) is 5.52. The van der Waals surface area contributed by atoms with Crippen molar-refractivity contribution in [2.24, 2.45) is 0 Å². The number of fused-ring (bicyclic) bond motifs is 1. The normalized spacial score (nSPS) is 20.4. The largest absolute Gasteiger partial charge is 0.328 e. The van der Waals surface area contributed by atoms with E-state index in [2.05, 4.69) is 16.4 Å². The van der Waals surface area contributed by atoms with Gasteiger partial charge in [-0.3, -0.25) is 4.90 Å². The quantitative estimate of drug-likeness (QED) is 0.860. The number of imidazole rings is 1. The zero-order valence-electron chi connectivity index (χ0n) is 14.6. The minimum atomic E-state index is -0.439. The Labute approximate surface area is 147 Å². The van der Waals surface area contributed by atoms with Crippen molar-refractivity contribution in [2.75, 3.05) is 13.1 Å². The van der Waals surface area contributed by atoms with Crippen LogP contribution in [0.3, 0.4) is 0 Å². The molecule has 130 valence electrons. The van der Waals surface area contributed by atoms with Gasteiger partial charge in [-0.15, -0.1) is 0 Å². The first kappa shape index (κ1) is 16.3. The van der Waals surface area contributed by atoms with Crippen LogP contribution in [0.25, 0.3) is 0 Å². The number of hydrogen-bond donors (Lipinski definition) is 0. The van der Waals surface area contributed by atoms with Gasteiger partial charge in [-0.2, -0.15) is 5.26 Å². The molecule has 4 rings (SSSR count). The molecule has 1 atom stereocenters. The predicted molar refractivity (Wildman–Crippen MR) is 93.7 cm³/mol. The summed E-state index contributed by atoms with van der Waals surface area (Å²) in [4.78, 5) is 7.20. The molecule has 0 N–H and O–H groups in total. The summed E-state index contributed by atoms with van der Waals surface area (Å²) >= 11 is 0. The lowest BCUT2D eigenvalue weighted by molar-refractivity contribution is 0.314. The lowest BCUT2D eigenvalue weighted by atomic mass is 10.0. The Morgan fingerprint density at radius 3 is 3.00 bits per heavy atom. The molecule has 0 amide bonds. The first-order chi connectivity index (χ1) is 12.2. The zero-order chi connectivity index (χ0) is 17.4. The van der Waals surface area contributed by atoms with Crippen molar-refractivity contribution in [3.05, 3.63) is 52.4 Å². The second-order valence-corrected chi connectivity index (χ2v) is 7.23. The van der Waals surface area contributed by atoms with E-state index in [1.807, 2.05) is 6.07 Å². The van der Waals surface area contributed by atoms with E-state index in [0.29, 0.717) is 6.04 Å². The Bertz CT molecular complexity index is 833. The average molecular weight is 338 g/mol. The molecule has 5 heteroatoms. The summed E-state index contributed by atoms with van der Waals surface area (Å²) in [7, 11) is 0. The van der Waals surface area contributed by atoms with Gasteiger partial charge in [0.25, 0.3) is 0 Å². The van der Waals surface area contributed by atoms with Gasteiger partial charge in [0.15, 0.2) is 0 Å². The van der Waals surface area contributed by atoms with Gasteiger partial charge in [0.2, 0.25) is 0 Å². The van der Waals surface area contributed by atoms with Crippen LogP contribution in [0.15, 0.2) is 18.2 Å². The molecule has 0 radical (unpaired) electrons. The third kappa shape index (κ3) is 3.07. The van der Waals surface area contributed by atoms with Crippen molar-refractivity contribution >= 4 is 0 Å². The van der Waals surface area contributed by atoms with E-state index in [-0.39, 0.29) is 5.56 Å². The maximum absolute atomic E-state index is 13.5. The van der Waals surface area contributed by atoms with Gasteiger partial charge in [0, 0.05) is 31.4 Å². The molecule has 2 aromatic rings. The SMILES string of the molecule is Cc1nc2c(n1[C@H]1CCN(Cc3ccc(F)c(C#N)c3)C1)CCCC2. The standard InChI is InChI=1S/C20H23FN4/c1-14-23-19-4-2-3-5-20(19)25(14)17-8-9-24(13-17)12-15-6-7-18(21)16(10-15)11-22/h6-7,10,17H,2-5,8-9,12-13H2,1H3/t17-/m0/s1. The number of halogens is 1. The van der Waals surface area contributed by atoms with Gasteiger partial charge < -0.3 is 4.57 Å². The van der Waals surface area contributed by atoms with Crippen molar-refractivity contribution in [2.45, 2.75) is 51.6 Å². The number of aryl methyl sites for hydroxylation is 2. The van der Waals surface area contributed by atoms with Crippen LogP contribution in [0.4, 0.5) is 4.39 Å². The molecule has 0 saturated carbocycles. The number of benzene rings is 1. The van der Waals surface area contributed by atoms with E-state index in [4.69, 9.17) is 10.2 Å². The number of aromatic nitrogens is 2. The highest BCUT2D eigenvalue weighted by atomic mass is 19.1. The second-order valence-electron chi connectivity index (χ2n) is 7.23. The van der Waals surface area contributed by atoms with Gasteiger partial charge in [-0.1, -0.05) is 6.07 Å². The van der Waals surface area contributed by atoms with Crippen molar-refractivity contribution < 1.29 is 4.39 Å². The molecule has 4 nitrogen and oxygen atoms in total. The van der Waals surface area contributed by atoms with Gasteiger partial charge in [0.1, 0.15) is 17.7 Å². The van der Waals surface area contributed by atoms with Crippen LogP contribution < -0.4 is 0 Å². The lowest BCUT2D eigenvalue weighted by Gasteiger charge is -2.21. The highest BCUT2D eigenvalue weighted by Gasteiger charge is 2.29. The summed E-state index contributed by atoms with van der Waals surface area (Å²) in [6, 6.07) is 7.26. The molecule has 0 bridgehead atoms. The predicted octanol–water partition coefficient (Wildman–Crippen LogP) is 3.53. The fourth-order valence-corrected chi connectivity index (χ4v) is 4.36. The van der Waals surface area contributed by atoms with Gasteiger partial charge in [0.05, 0.1) is 11.3 Å². The topological polar surface area (TPSA) is 44.9 Å². The molecule has 1 aliphatic heterocycles. The molecular weight excluding hydrogens is 315 g/mol. The van der Waals surface area contributed by atoms with E-state index < -0.39 is 5.82 Å². The number of nitriles is 1. The Balaban J connectivity index is 1.49. The van der Waals surface area contributed by atoms with Crippen LogP contribution in [0, 0.1) is 24.1 Å². The number of nitrogens with zero attached hydrogens (tertiary/aromatic N) is 4. The summed E-state index contributed by atoms with van der Waals surface area (Å²) in [6.45, 7) is 4.90. The van der Waals surface area contributed by atoms with Crippen LogP contribution in [-0.2, 0) is 19.4 Å². The summed E-state index contributed by atoms with van der Waals surface area (Å²) < 4.78 is 16.0. The number of rotatable bonds is 3. The zero-order valence-corrected chi connectivity index (χ0v) is 14.6. The molecule has 1 fully saturated rings. The van der Waals surface area contributed by atoms with E-state index in [1.165, 1.54) is 30.3 Å². The third-order valence-electron chi connectivity index (χ3n) is 5.52. The monoisotopic (exact) mass is 338 g/mol. The highest BCUT2D eigenvalue weighted by molar-refractivity contribution is 5.34. The molecule has 0 spiro atoms. The molecule has 1 saturated heterocycles. The molecule has 25 heavy (non-hydrogen) atoms. The second kappa shape index (κ2) is 6.61. The van der Waals surface area contributed by atoms with Crippen molar-refractivity contribution in [3.8, 4) is 6.07 Å². The summed E-state index contributed by atoms with van der Waals surface area (Å²) in [6.07, 6.45) is 5.91. The minimum Gasteiger partial charge on any atom is -0.328 e. The van der Waals surface area contributed by atoms with Gasteiger partial charge >= 0.3 is 0 Å². The fraction of sp³-hybridized carbons (Fsp3) is 0.500. The van der Waals surface area contributed by atoms with Crippen LogP contribution in [-0.4, -0.2) is 27.5 Å². The molecule has 2 heterocycles. The maximum Gasteiger partial charge on any atom is 0.140 e. The fourth-order valence-electron chi connectivity index (χ4n) is 4.36. The Morgan fingerprint density at radius 2 is 2.16 bits per heavy atom. The Hall–Kier alpha value is -2.19. The molecule has 0 unspecified atom stereocenters. The number of hydrogen-bond acceptors (Lipinski definition) is 3. The minimum absolute atomic E-state index is 0.132. The molecule has 1 aromatic carbocycles. The van der Waals surface area contributed by atoms with Crippen LogP contribution in [0.2, 0.25) is 0 Å². The van der Waals surface area contributed by atoms with E-state index in [0.717, 1.165) is 50.3 Å². The van der Waals surface area contributed by atoms with E-state index in [1.54, 1.807) is 12.1 Å². The van der Waals surface area contributed by atoms with Crippen molar-refractivity contribution in [1.29, 1.82) is 5.26 Å². The van der Waals surface area contributed by atoms with E-state index >= 15 is 0 Å². The van der Waals surface area contributed by atoms with Crippen LogP contribution in [0.5, 0.6) is 0 Å². The molecular formula is C20H23FN4. The lowest BCUT2D eigenvalue weighted by Crippen LogP contribution is -2.22. The van der Waals surface area contributed by atoms with E-state index in [9.17, 15) is 4.39 Å². The van der Waals surface area contributed by atoms with Crippen LogP contribution in [0.1, 0.15) is 53.6 Å². The van der Waals surface area contributed by atoms with Gasteiger partial charge in [-0.25, -0.2) is 9.37 Å². The average Bonchev–Trinajstić information content (AvgIpc) is 3.19. The maximum atomic E-state index is 13.5. The summed E-state index contributed by atoms with van der Waals surface area (Å²) in [5.74, 6) is 0.707. The molecule has 1 aromatic heterocycles. The van der Waals surface area contributed by atoms with Gasteiger partial charge in [-0.05, 0) is 56.7 Å². The van der Waals surface area contributed by atoms with Crippen molar-refractivity contribution in [3.63, 3.8) is 0 Å². The van der Waals surface area contributed by atoms with Crippen LogP contribution >= 0.6 is 0 Å². The molecule has 2 aliphatic rings. The first-order valence-corrected chi connectivity index (χ1v) is 9.13. The van der Waals surface area contributed by atoms with Crippen molar-refractivity contribution in [1.82, 2.24) is 14.5 Å². The smallest absolute Gasteiger partial charge is 0.140 e. The Morgan fingerprint density at radius 1 is 1.32 bits per heavy atom. The highest BCUT2D eigenvalue weighted by Crippen LogP contribution is 2.30. The number of likely N-dealkylation sites (tertiary alicyclic amines) is 1. The summed E-state index contributed by atoms with van der Waals surface area (Å²) in [5.41, 5.74) is 3.89.